The molecule has 26 heavy (non-hydrogen) atoms. The first-order chi connectivity index (χ1) is 12.4. The van der Waals surface area contributed by atoms with Crippen LogP contribution in [-0.2, 0) is 21.4 Å². The number of carbonyl (C=O) groups is 1. The molecule has 2 aromatic carbocycles. The number of benzene rings is 2. The summed E-state index contributed by atoms with van der Waals surface area (Å²) in [6.45, 7) is 2.00. The lowest BCUT2D eigenvalue weighted by atomic mass is 9.95. The molecule has 6 nitrogen and oxygen atoms in total. The van der Waals surface area contributed by atoms with Crippen LogP contribution in [0.5, 0.6) is 0 Å². The minimum Gasteiger partial charge on any atom is -0.355 e. The number of sulfonamides is 1. The number of hydrogen-bond donors (Lipinski definition) is 3. The second-order valence-corrected chi connectivity index (χ2v) is 8.07. The molecule has 2 unspecified atom stereocenters. The Morgan fingerprint density at radius 2 is 1.62 bits per heavy atom. The van der Waals surface area contributed by atoms with Crippen molar-refractivity contribution < 1.29 is 13.2 Å². The van der Waals surface area contributed by atoms with Crippen molar-refractivity contribution in [2.75, 3.05) is 12.3 Å². The van der Waals surface area contributed by atoms with Crippen molar-refractivity contribution in [2.24, 2.45) is 11.7 Å². The molecular formula is C19H25N3O3S. The number of nitrogens with two attached hydrogens (primary N) is 1. The van der Waals surface area contributed by atoms with Crippen LogP contribution in [0, 0.1) is 5.92 Å². The number of rotatable bonds is 9. The Balaban J connectivity index is 1.77. The van der Waals surface area contributed by atoms with Gasteiger partial charge in [0.1, 0.15) is 0 Å². The highest BCUT2D eigenvalue weighted by Crippen LogP contribution is 2.18. The molecule has 0 bridgehead atoms. The van der Waals surface area contributed by atoms with Crippen LogP contribution in [0.3, 0.4) is 0 Å². The van der Waals surface area contributed by atoms with Gasteiger partial charge in [-0.2, -0.15) is 0 Å². The summed E-state index contributed by atoms with van der Waals surface area (Å²) < 4.78 is 26.6. The Kier molecular flexibility index (Phi) is 7.32. The van der Waals surface area contributed by atoms with Crippen LogP contribution in [0.1, 0.15) is 24.1 Å². The number of carbonyl (C=O) groups excluding carboxylic acids is 1. The molecule has 0 aliphatic heterocycles. The van der Waals surface area contributed by atoms with Gasteiger partial charge in [0.05, 0.1) is 11.7 Å². The van der Waals surface area contributed by atoms with E-state index < -0.39 is 22.0 Å². The molecule has 0 fully saturated rings. The zero-order valence-corrected chi connectivity index (χ0v) is 15.6. The molecule has 0 spiro atoms. The first kappa shape index (κ1) is 20.1. The van der Waals surface area contributed by atoms with Gasteiger partial charge in [-0.05, 0) is 11.1 Å². The molecule has 0 aromatic heterocycles. The molecule has 0 aliphatic carbocycles. The average molecular weight is 375 g/mol. The zero-order valence-electron chi connectivity index (χ0n) is 14.8. The predicted molar refractivity (Wildman–Crippen MR) is 103 cm³/mol. The van der Waals surface area contributed by atoms with Gasteiger partial charge in [-0.15, -0.1) is 0 Å². The quantitative estimate of drug-likeness (QED) is 0.619. The van der Waals surface area contributed by atoms with Crippen molar-refractivity contribution in [3.05, 3.63) is 71.8 Å². The van der Waals surface area contributed by atoms with E-state index in [0.717, 1.165) is 11.1 Å². The first-order valence-electron chi connectivity index (χ1n) is 8.48. The normalized spacial score (nSPS) is 13.8. The molecule has 0 radical (unpaired) electrons. The Labute approximate surface area is 154 Å². The zero-order chi connectivity index (χ0) is 19.0. The fourth-order valence-corrected chi connectivity index (χ4v) is 3.36. The second kappa shape index (κ2) is 9.47. The summed E-state index contributed by atoms with van der Waals surface area (Å²) in [4.78, 5) is 12.2. The SMILES string of the molecule is CC(C(=O)NCCS(=O)(=O)NCc1ccccc1)C(N)c1ccccc1. The minimum atomic E-state index is -3.47. The van der Waals surface area contributed by atoms with Crippen LogP contribution in [0.25, 0.3) is 0 Å². The summed E-state index contributed by atoms with van der Waals surface area (Å²) in [7, 11) is -3.47. The fourth-order valence-electron chi connectivity index (χ4n) is 2.46. The highest BCUT2D eigenvalue weighted by atomic mass is 32.2. The van der Waals surface area contributed by atoms with Crippen molar-refractivity contribution in [1.82, 2.24) is 10.0 Å². The largest absolute Gasteiger partial charge is 0.355 e. The second-order valence-electron chi connectivity index (χ2n) is 6.14. The number of amides is 1. The average Bonchev–Trinajstić information content (AvgIpc) is 2.66. The van der Waals surface area contributed by atoms with Gasteiger partial charge in [-0.1, -0.05) is 67.6 Å². The lowest BCUT2D eigenvalue weighted by Gasteiger charge is -2.19. The van der Waals surface area contributed by atoms with Crippen molar-refractivity contribution in [3.63, 3.8) is 0 Å². The van der Waals surface area contributed by atoms with Gasteiger partial charge in [-0.25, -0.2) is 13.1 Å². The summed E-state index contributed by atoms with van der Waals surface area (Å²) in [5.74, 6) is -0.907. The number of hydrogen-bond acceptors (Lipinski definition) is 4. The van der Waals surface area contributed by atoms with E-state index >= 15 is 0 Å². The Hall–Kier alpha value is -2.22. The van der Waals surface area contributed by atoms with Gasteiger partial charge in [0, 0.05) is 19.1 Å². The molecule has 0 aliphatic rings. The Morgan fingerprint density at radius 3 is 2.23 bits per heavy atom. The third kappa shape index (κ3) is 6.25. The maximum Gasteiger partial charge on any atom is 0.224 e. The van der Waals surface area contributed by atoms with E-state index in [-0.39, 0.29) is 24.7 Å². The highest BCUT2D eigenvalue weighted by Gasteiger charge is 2.22. The minimum absolute atomic E-state index is 0.0365. The van der Waals surface area contributed by atoms with Gasteiger partial charge in [-0.3, -0.25) is 4.79 Å². The van der Waals surface area contributed by atoms with E-state index in [2.05, 4.69) is 10.0 Å². The molecule has 0 saturated carbocycles. The maximum absolute atomic E-state index is 12.2. The van der Waals surface area contributed by atoms with Crippen LogP contribution < -0.4 is 15.8 Å². The third-order valence-corrected chi connectivity index (χ3v) is 5.47. The summed E-state index contributed by atoms with van der Waals surface area (Å²) in [6, 6.07) is 18.2. The molecular weight excluding hydrogens is 350 g/mol. The first-order valence-corrected chi connectivity index (χ1v) is 10.1. The van der Waals surface area contributed by atoms with E-state index in [1.54, 1.807) is 6.92 Å². The van der Waals surface area contributed by atoms with E-state index in [1.165, 1.54) is 0 Å². The van der Waals surface area contributed by atoms with Crippen molar-refractivity contribution >= 4 is 15.9 Å². The monoisotopic (exact) mass is 375 g/mol. The van der Waals surface area contributed by atoms with Crippen LogP contribution in [0.4, 0.5) is 0 Å². The lowest BCUT2D eigenvalue weighted by molar-refractivity contribution is -0.125. The van der Waals surface area contributed by atoms with Crippen molar-refractivity contribution in [2.45, 2.75) is 19.5 Å². The van der Waals surface area contributed by atoms with Crippen molar-refractivity contribution in [1.29, 1.82) is 0 Å². The number of nitrogens with one attached hydrogen (secondary N) is 2. The molecule has 1 amide bonds. The standard InChI is InChI=1S/C19H25N3O3S/c1-15(18(20)17-10-6-3-7-11-17)19(23)21-12-13-26(24,25)22-14-16-8-4-2-5-9-16/h2-11,15,18,22H,12-14,20H2,1H3,(H,21,23). The van der Waals surface area contributed by atoms with E-state index in [4.69, 9.17) is 5.73 Å². The Bertz CT molecular complexity index is 795. The van der Waals surface area contributed by atoms with Gasteiger partial charge < -0.3 is 11.1 Å². The van der Waals surface area contributed by atoms with Crippen molar-refractivity contribution in [3.8, 4) is 0 Å². The summed E-state index contributed by atoms with van der Waals surface area (Å²) in [5.41, 5.74) is 7.86. The van der Waals surface area contributed by atoms with E-state index in [0.29, 0.717) is 0 Å². The molecule has 0 saturated heterocycles. The summed E-state index contributed by atoms with van der Waals surface area (Å²) >= 11 is 0. The van der Waals surface area contributed by atoms with Crippen LogP contribution in [-0.4, -0.2) is 26.6 Å². The van der Waals surface area contributed by atoms with Gasteiger partial charge in [0.15, 0.2) is 0 Å². The van der Waals surface area contributed by atoms with Crippen LogP contribution >= 0.6 is 0 Å². The summed E-state index contributed by atoms with van der Waals surface area (Å²) in [5, 5.41) is 2.65. The maximum atomic E-state index is 12.2. The van der Waals surface area contributed by atoms with E-state index in [9.17, 15) is 13.2 Å². The molecule has 0 heterocycles. The summed E-state index contributed by atoms with van der Waals surface area (Å²) in [6.07, 6.45) is 0. The molecule has 2 aromatic rings. The van der Waals surface area contributed by atoms with Gasteiger partial charge >= 0.3 is 0 Å². The highest BCUT2D eigenvalue weighted by molar-refractivity contribution is 7.89. The molecule has 2 atom stereocenters. The predicted octanol–water partition coefficient (Wildman–Crippen LogP) is 1.56. The van der Waals surface area contributed by atoms with Gasteiger partial charge in [0.25, 0.3) is 0 Å². The smallest absolute Gasteiger partial charge is 0.224 e. The molecule has 4 N–H and O–H groups in total. The van der Waals surface area contributed by atoms with Gasteiger partial charge in [0.2, 0.25) is 15.9 Å². The lowest BCUT2D eigenvalue weighted by Crippen LogP contribution is -2.39. The topological polar surface area (TPSA) is 101 Å². The molecule has 2 rings (SSSR count). The fraction of sp³-hybridized carbons (Fsp3) is 0.316. The molecule has 140 valence electrons. The third-order valence-electron chi connectivity index (χ3n) is 4.15. The van der Waals surface area contributed by atoms with E-state index in [1.807, 2.05) is 60.7 Å². The Morgan fingerprint density at radius 1 is 1.04 bits per heavy atom. The van der Waals surface area contributed by atoms with Crippen LogP contribution in [0.15, 0.2) is 60.7 Å². The van der Waals surface area contributed by atoms with Crippen LogP contribution in [0.2, 0.25) is 0 Å². The molecule has 7 heteroatoms.